The largest absolute Gasteiger partial charge is 0.487 e. The molecule has 1 aromatic carbocycles. The van der Waals surface area contributed by atoms with Crippen LogP contribution in [0.3, 0.4) is 0 Å². The molecule has 0 saturated carbocycles. The van der Waals surface area contributed by atoms with Crippen LogP contribution >= 0.6 is 0 Å². The predicted molar refractivity (Wildman–Crippen MR) is 130 cm³/mol. The summed E-state index contributed by atoms with van der Waals surface area (Å²) in [6, 6.07) is 15.4. The Morgan fingerprint density at radius 2 is 2.03 bits per heavy atom. The third-order valence-electron chi connectivity index (χ3n) is 6.23. The van der Waals surface area contributed by atoms with Crippen molar-refractivity contribution < 1.29 is 4.74 Å². The second-order valence-electron chi connectivity index (χ2n) is 8.17. The van der Waals surface area contributed by atoms with Crippen molar-refractivity contribution in [2.45, 2.75) is 27.0 Å². The predicted octanol–water partition coefficient (Wildman–Crippen LogP) is 3.84. The van der Waals surface area contributed by atoms with Crippen LogP contribution in [-0.2, 0) is 26.6 Å². The van der Waals surface area contributed by atoms with Gasteiger partial charge in [-0.15, -0.1) is 0 Å². The van der Waals surface area contributed by atoms with Crippen LogP contribution in [0.2, 0.25) is 0 Å². The zero-order valence-electron chi connectivity index (χ0n) is 17.8. The molecule has 6 rings (SSSR count). The SMILES string of the molecule is C.Cn1c2c(c3ccc(-n4ccc(OCc5cn6ccccc6n5)cc4=O)cc31)CNCC2. The second-order valence-corrected chi connectivity index (χ2v) is 8.17. The Balaban J connectivity index is 0.00000228. The molecule has 7 nitrogen and oxygen atoms in total. The molecule has 0 radical (unpaired) electrons. The van der Waals surface area contributed by atoms with Crippen molar-refractivity contribution in [1.29, 1.82) is 0 Å². The minimum atomic E-state index is -0.127. The van der Waals surface area contributed by atoms with Crippen molar-refractivity contribution in [3.05, 3.63) is 94.4 Å². The van der Waals surface area contributed by atoms with Gasteiger partial charge in [-0.2, -0.15) is 0 Å². The highest BCUT2D eigenvalue weighted by Crippen LogP contribution is 2.29. The summed E-state index contributed by atoms with van der Waals surface area (Å²) in [7, 11) is 2.11. The molecule has 0 bridgehead atoms. The van der Waals surface area contributed by atoms with Gasteiger partial charge in [-0.25, -0.2) is 4.98 Å². The lowest BCUT2D eigenvalue weighted by Gasteiger charge is -2.14. The molecule has 7 heteroatoms. The quantitative estimate of drug-likeness (QED) is 0.460. The molecular formula is C26H27N5O2. The summed E-state index contributed by atoms with van der Waals surface area (Å²) in [4.78, 5) is 17.4. The average Bonchev–Trinajstić information content (AvgIpc) is 3.37. The smallest absolute Gasteiger partial charge is 0.258 e. The van der Waals surface area contributed by atoms with E-state index in [1.807, 2.05) is 47.1 Å². The highest BCUT2D eigenvalue weighted by Gasteiger charge is 2.18. The number of ether oxygens (including phenoxy) is 1. The van der Waals surface area contributed by atoms with Crippen LogP contribution in [0.1, 0.15) is 24.4 Å². The van der Waals surface area contributed by atoms with E-state index in [9.17, 15) is 4.79 Å². The van der Waals surface area contributed by atoms with Gasteiger partial charge in [0.25, 0.3) is 5.56 Å². The maximum atomic E-state index is 12.9. The molecule has 1 aliphatic heterocycles. The van der Waals surface area contributed by atoms with Gasteiger partial charge in [0.1, 0.15) is 18.0 Å². The molecule has 168 valence electrons. The molecule has 0 amide bonds. The van der Waals surface area contributed by atoms with Crippen LogP contribution in [0.25, 0.3) is 22.2 Å². The van der Waals surface area contributed by atoms with Crippen molar-refractivity contribution >= 4 is 16.6 Å². The average molecular weight is 442 g/mol. The number of fused-ring (bicyclic) bond motifs is 4. The van der Waals surface area contributed by atoms with Crippen molar-refractivity contribution in [1.82, 2.24) is 23.8 Å². The molecule has 0 spiro atoms. The molecule has 33 heavy (non-hydrogen) atoms. The van der Waals surface area contributed by atoms with Crippen LogP contribution in [0.4, 0.5) is 0 Å². The Labute approximate surface area is 191 Å². The number of nitrogens with zero attached hydrogens (tertiary/aromatic N) is 4. The molecule has 5 aromatic rings. The van der Waals surface area contributed by atoms with Crippen LogP contribution < -0.4 is 15.6 Å². The van der Waals surface area contributed by atoms with Crippen LogP contribution in [0.5, 0.6) is 5.75 Å². The molecule has 0 atom stereocenters. The first-order valence-corrected chi connectivity index (χ1v) is 10.8. The number of pyridine rings is 2. The summed E-state index contributed by atoms with van der Waals surface area (Å²) in [6.45, 7) is 2.20. The molecule has 4 aromatic heterocycles. The summed E-state index contributed by atoms with van der Waals surface area (Å²) in [6.07, 6.45) is 6.67. The first-order valence-electron chi connectivity index (χ1n) is 10.8. The summed E-state index contributed by atoms with van der Waals surface area (Å²) >= 11 is 0. The zero-order chi connectivity index (χ0) is 21.7. The fourth-order valence-electron chi connectivity index (χ4n) is 4.62. The Kier molecular flexibility index (Phi) is 5.26. The molecule has 0 saturated heterocycles. The Bertz CT molecular complexity index is 1490. The highest BCUT2D eigenvalue weighted by molar-refractivity contribution is 5.87. The standard InChI is InChI=1S/C25H23N5O2.CH4/c1-28-22-7-9-26-14-21(22)20-6-5-18(12-23(20)28)30-11-8-19(13-25(30)31)32-16-17-15-29-10-3-2-4-24(29)27-17;/h2-6,8,10-13,15,26H,7,9,14,16H2,1H3;1H4. The van der Waals surface area contributed by atoms with E-state index in [0.717, 1.165) is 42.1 Å². The molecule has 0 aliphatic carbocycles. The topological polar surface area (TPSA) is 65.5 Å². The Hall–Kier alpha value is -3.84. The first kappa shape index (κ1) is 21.0. The van der Waals surface area contributed by atoms with Gasteiger partial charge < -0.3 is 19.0 Å². The number of hydrogen-bond acceptors (Lipinski definition) is 4. The van der Waals surface area contributed by atoms with Crippen molar-refractivity contribution in [2.75, 3.05) is 6.54 Å². The summed E-state index contributed by atoms with van der Waals surface area (Å²) in [5.74, 6) is 0.532. The van der Waals surface area contributed by atoms with E-state index >= 15 is 0 Å². The van der Waals surface area contributed by atoms with Crippen LogP contribution in [0, 0.1) is 0 Å². The summed E-state index contributed by atoms with van der Waals surface area (Å²) < 4.78 is 11.7. The van der Waals surface area contributed by atoms with Gasteiger partial charge in [0.15, 0.2) is 0 Å². The van der Waals surface area contributed by atoms with Gasteiger partial charge in [0, 0.05) is 62.3 Å². The minimum absolute atomic E-state index is 0. The number of aromatic nitrogens is 4. The maximum Gasteiger partial charge on any atom is 0.258 e. The first-order chi connectivity index (χ1) is 15.7. The number of nitrogens with one attached hydrogen (secondary N) is 1. The maximum absolute atomic E-state index is 12.9. The van der Waals surface area contributed by atoms with Gasteiger partial charge >= 0.3 is 0 Å². The van der Waals surface area contributed by atoms with Gasteiger partial charge in [-0.3, -0.25) is 9.36 Å². The van der Waals surface area contributed by atoms with E-state index in [-0.39, 0.29) is 13.0 Å². The molecule has 1 N–H and O–H groups in total. The van der Waals surface area contributed by atoms with Gasteiger partial charge in [-0.05, 0) is 35.9 Å². The van der Waals surface area contributed by atoms with Gasteiger partial charge in [-0.1, -0.05) is 19.6 Å². The Morgan fingerprint density at radius 3 is 2.88 bits per heavy atom. The number of aryl methyl sites for hydroxylation is 1. The molecule has 0 unspecified atom stereocenters. The van der Waals surface area contributed by atoms with Crippen molar-refractivity contribution in [3.8, 4) is 11.4 Å². The highest BCUT2D eigenvalue weighted by atomic mass is 16.5. The van der Waals surface area contributed by atoms with Gasteiger partial charge in [0.05, 0.1) is 16.9 Å². The number of imidazole rings is 1. The van der Waals surface area contributed by atoms with Gasteiger partial charge in [0.2, 0.25) is 0 Å². The van der Waals surface area contributed by atoms with E-state index in [4.69, 9.17) is 4.74 Å². The number of benzene rings is 1. The summed E-state index contributed by atoms with van der Waals surface area (Å²) in [5.41, 5.74) is 6.29. The van der Waals surface area contributed by atoms with Crippen molar-refractivity contribution in [3.63, 3.8) is 0 Å². The number of rotatable bonds is 4. The van der Waals surface area contributed by atoms with E-state index in [1.165, 1.54) is 22.7 Å². The fraction of sp³-hybridized carbons (Fsp3) is 0.231. The van der Waals surface area contributed by atoms with E-state index in [2.05, 4.69) is 34.0 Å². The zero-order valence-corrected chi connectivity index (χ0v) is 17.8. The molecule has 1 aliphatic rings. The van der Waals surface area contributed by atoms with Crippen LogP contribution in [0.15, 0.2) is 71.9 Å². The van der Waals surface area contributed by atoms with Crippen molar-refractivity contribution in [2.24, 2.45) is 7.05 Å². The number of hydrogen-bond donors (Lipinski definition) is 1. The Morgan fingerprint density at radius 1 is 1.12 bits per heavy atom. The fourth-order valence-corrected chi connectivity index (χ4v) is 4.62. The molecule has 5 heterocycles. The summed E-state index contributed by atoms with van der Waals surface area (Å²) in [5, 5.41) is 4.70. The third kappa shape index (κ3) is 3.60. The monoisotopic (exact) mass is 441 g/mol. The van der Waals surface area contributed by atoms with Crippen LogP contribution in [-0.4, -0.2) is 25.1 Å². The van der Waals surface area contributed by atoms with E-state index < -0.39 is 0 Å². The molecular weight excluding hydrogens is 414 g/mol. The third-order valence-corrected chi connectivity index (χ3v) is 6.23. The normalized spacial score (nSPS) is 13.1. The van der Waals surface area contributed by atoms with E-state index in [1.54, 1.807) is 10.8 Å². The minimum Gasteiger partial charge on any atom is -0.487 e. The lowest BCUT2D eigenvalue weighted by Crippen LogP contribution is -2.24. The lowest BCUT2D eigenvalue weighted by molar-refractivity contribution is 0.301. The molecule has 0 fully saturated rings. The lowest BCUT2D eigenvalue weighted by atomic mass is 10.1. The second kappa shape index (κ2) is 8.26. The van der Waals surface area contributed by atoms with E-state index in [0.29, 0.717) is 12.4 Å².